The fraction of sp³-hybridized carbons (Fsp3) is 0.0714. The van der Waals surface area contributed by atoms with Gasteiger partial charge in [0.1, 0.15) is 0 Å². The van der Waals surface area contributed by atoms with Gasteiger partial charge in [0.25, 0.3) is 0 Å². The SMILES string of the molecule is Cc1cc(-c2ccc3nc(N)nn3c2)ccc1C(=O)O. The lowest BCUT2D eigenvalue weighted by atomic mass is 10.0. The number of pyridine rings is 1. The van der Waals surface area contributed by atoms with Gasteiger partial charge in [0.05, 0.1) is 5.56 Å². The molecule has 20 heavy (non-hydrogen) atoms. The fourth-order valence-electron chi connectivity index (χ4n) is 2.15. The highest BCUT2D eigenvalue weighted by Gasteiger charge is 2.09. The molecule has 100 valence electrons. The minimum atomic E-state index is -0.923. The highest BCUT2D eigenvalue weighted by atomic mass is 16.4. The van der Waals surface area contributed by atoms with E-state index >= 15 is 0 Å². The van der Waals surface area contributed by atoms with Crippen LogP contribution >= 0.6 is 0 Å². The highest BCUT2D eigenvalue weighted by Crippen LogP contribution is 2.23. The predicted molar refractivity (Wildman–Crippen MR) is 74.5 cm³/mol. The Bertz CT molecular complexity index is 823. The Labute approximate surface area is 114 Å². The number of nitrogens with two attached hydrogens (primary N) is 1. The molecule has 0 saturated heterocycles. The van der Waals surface area contributed by atoms with Gasteiger partial charge in [-0.3, -0.25) is 0 Å². The lowest BCUT2D eigenvalue weighted by Crippen LogP contribution is -1.99. The number of hydrogen-bond acceptors (Lipinski definition) is 4. The molecule has 3 rings (SSSR count). The molecule has 0 unspecified atom stereocenters. The number of anilines is 1. The van der Waals surface area contributed by atoms with Crippen LogP contribution in [-0.2, 0) is 0 Å². The van der Waals surface area contributed by atoms with E-state index in [-0.39, 0.29) is 5.95 Å². The number of carboxylic acids is 1. The summed E-state index contributed by atoms with van der Waals surface area (Å²) in [4.78, 5) is 15.1. The molecule has 0 saturated carbocycles. The van der Waals surface area contributed by atoms with Crippen LogP contribution in [-0.4, -0.2) is 25.7 Å². The minimum absolute atomic E-state index is 0.222. The van der Waals surface area contributed by atoms with Crippen molar-refractivity contribution >= 4 is 17.6 Å². The van der Waals surface area contributed by atoms with Crippen LogP contribution in [0.5, 0.6) is 0 Å². The monoisotopic (exact) mass is 268 g/mol. The molecule has 2 heterocycles. The lowest BCUT2D eigenvalue weighted by molar-refractivity contribution is 0.0696. The first-order valence-corrected chi connectivity index (χ1v) is 6.01. The maximum atomic E-state index is 11.0. The van der Waals surface area contributed by atoms with Gasteiger partial charge in [-0.15, -0.1) is 5.10 Å². The molecular formula is C14H12N4O2. The molecule has 0 radical (unpaired) electrons. The van der Waals surface area contributed by atoms with Crippen molar-refractivity contribution < 1.29 is 9.90 Å². The first kappa shape index (κ1) is 12.2. The van der Waals surface area contributed by atoms with Gasteiger partial charge in [-0.1, -0.05) is 12.1 Å². The summed E-state index contributed by atoms with van der Waals surface area (Å²) in [7, 11) is 0. The molecule has 6 nitrogen and oxygen atoms in total. The Hall–Kier alpha value is -2.89. The van der Waals surface area contributed by atoms with Crippen molar-refractivity contribution in [3.05, 3.63) is 47.7 Å². The third-order valence-electron chi connectivity index (χ3n) is 3.14. The van der Waals surface area contributed by atoms with Gasteiger partial charge in [0, 0.05) is 11.8 Å². The van der Waals surface area contributed by atoms with Gasteiger partial charge in [-0.05, 0) is 36.2 Å². The van der Waals surface area contributed by atoms with E-state index in [2.05, 4.69) is 10.1 Å². The maximum absolute atomic E-state index is 11.0. The van der Waals surface area contributed by atoms with E-state index in [1.807, 2.05) is 24.4 Å². The Kier molecular flexibility index (Phi) is 2.64. The summed E-state index contributed by atoms with van der Waals surface area (Å²) in [5, 5.41) is 13.1. The second-order valence-electron chi connectivity index (χ2n) is 4.53. The van der Waals surface area contributed by atoms with Crippen LogP contribution in [0.1, 0.15) is 15.9 Å². The van der Waals surface area contributed by atoms with E-state index in [1.54, 1.807) is 23.6 Å². The third kappa shape index (κ3) is 1.97. The number of aromatic carboxylic acids is 1. The molecule has 0 aliphatic carbocycles. The van der Waals surface area contributed by atoms with Crippen molar-refractivity contribution in [3.8, 4) is 11.1 Å². The number of nitrogens with zero attached hydrogens (tertiary/aromatic N) is 3. The average Bonchev–Trinajstić information content (AvgIpc) is 2.77. The number of aryl methyl sites for hydroxylation is 1. The van der Waals surface area contributed by atoms with Crippen LogP contribution in [0.25, 0.3) is 16.8 Å². The van der Waals surface area contributed by atoms with Crippen molar-refractivity contribution in [2.45, 2.75) is 6.92 Å². The van der Waals surface area contributed by atoms with Crippen molar-refractivity contribution in [1.29, 1.82) is 0 Å². The van der Waals surface area contributed by atoms with Gasteiger partial charge in [0.15, 0.2) is 5.65 Å². The van der Waals surface area contributed by atoms with Crippen LogP contribution in [0, 0.1) is 6.92 Å². The number of carbonyl (C=O) groups is 1. The largest absolute Gasteiger partial charge is 0.478 e. The summed E-state index contributed by atoms with van der Waals surface area (Å²) in [6.45, 7) is 1.78. The van der Waals surface area contributed by atoms with Crippen LogP contribution in [0.4, 0.5) is 5.95 Å². The van der Waals surface area contributed by atoms with E-state index in [9.17, 15) is 4.79 Å². The first-order valence-electron chi connectivity index (χ1n) is 6.01. The number of hydrogen-bond donors (Lipinski definition) is 2. The molecule has 0 spiro atoms. The number of nitrogen functional groups attached to an aromatic ring is 1. The molecule has 0 atom stereocenters. The zero-order valence-corrected chi connectivity index (χ0v) is 10.7. The first-order chi connectivity index (χ1) is 9.54. The second kappa shape index (κ2) is 4.34. The molecule has 0 fully saturated rings. The van der Waals surface area contributed by atoms with Gasteiger partial charge in [0.2, 0.25) is 5.95 Å². The van der Waals surface area contributed by atoms with E-state index in [4.69, 9.17) is 10.8 Å². The van der Waals surface area contributed by atoms with Crippen LogP contribution < -0.4 is 5.73 Å². The molecule has 3 N–H and O–H groups in total. The van der Waals surface area contributed by atoms with Crippen molar-refractivity contribution in [3.63, 3.8) is 0 Å². The molecular weight excluding hydrogens is 256 g/mol. The Morgan fingerprint density at radius 3 is 2.70 bits per heavy atom. The van der Waals surface area contributed by atoms with Crippen molar-refractivity contribution in [1.82, 2.24) is 14.6 Å². The van der Waals surface area contributed by atoms with E-state index < -0.39 is 5.97 Å². The number of aromatic nitrogens is 3. The second-order valence-corrected chi connectivity index (χ2v) is 4.53. The van der Waals surface area contributed by atoms with Gasteiger partial charge in [-0.25, -0.2) is 9.31 Å². The van der Waals surface area contributed by atoms with Gasteiger partial charge >= 0.3 is 5.97 Å². The standard InChI is InChI=1S/C14H12N4O2/c1-8-6-9(2-4-11(8)13(19)20)10-3-5-12-16-14(15)17-18(12)7-10/h2-7H,1H3,(H2,15,17)(H,19,20). The van der Waals surface area contributed by atoms with Gasteiger partial charge in [-0.2, -0.15) is 4.98 Å². The summed E-state index contributed by atoms with van der Waals surface area (Å²) < 4.78 is 1.60. The minimum Gasteiger partial charge on any atom is -0.478 e. The van der Waals surface area contributed by atoms with E-state index in [0.29, 0.717) is 16.8 Å². The molecule has 0 aliphatic rings. The molecule has 0 aliphatic heterocycles. The normalized spacial score (nSPS) is 10.8. The molecule has 0 bridgehead atoms. The highest BCUT2D eigenvalue weighted by molar-refractivity contribution is 5.90. The van der Waals surface area contributed by atoms with Crippen LogP contribution in [0.3, 0.4) is 0 Å². The third-order valence-corrected chi connectivity index (χ3v) is 3.14. The smallest absolute Gasteiger partial charge is 0.335 e. The van der Waals surface area contributed by atoms with E-state index in [0.717, 1.165) is 11.1 Å². The maximum Gasteiger partial charge on any atom is 0.335 e. The Morgan fingerprint density at radius 1 is 1.25 bits per heavy atom. The summed E-state index contributed by atoms with van der Waals surface area (Å²) in [5.74, 6) is -0.701. The van der Waals surface area contributed by atoms with Crippen molar-refractivity contribution in [2.75, 3.05) is 5.73 Å². The topological polar surface area (TPSA) is 93.5 Å². The lowest BCUT2D eigenvalue weighted by Gasteiger charge is -2.06. The van der Waals surface area contributed by atoms with Crippen LogP contribution in [0.15, 0.2) is 36.5 Å². The fourth-order valence-corrected chi connectivity index (χ4v) is 2.15. The zero-order valence-electron chi connectivity index (χ0n) is 10.7. The Morgan fingerprint density at radius 2 is 2.00 bits per heavy atom. The van der Waals surface area contributed by atoms with E-state index in [1.165, 1.54) is 0 Å². The zero-order chi connectivity index (χ0) is 14.3. The number of benzene rings is 1. The Balaban J connectivity index is 2.10. The summed E-state index contributed by atoms with van der Waals surface area (Å²) in [6, 6.07) is 8.94. The van der Waals surface area contributed by atoms with Crippen molar-refractivity contribution in [2.24, 2.45) is 0 Å². The molecule has 0 amide bonds. The quantitative estimate of drug-likeness (QED) is 0.741. The number of fused-ring (bicyclic) bond motifs is 1. The molecule has 6 heteroatoms. The average molecular weight is 268 g/mol. The van der Waals surface area contributed by atoms with Crippen LogP contribution in [0.2, 0.25) is 0 Å². The summed E-state index contributed by atoms with van der Waals surface area (Å²) >= 11 is 0. The molecule has 1 aromatic carbocycles. The summed E-state index contributed by atoms with van der Waals surface area (Å²) in [5.41, 5.74) is 9.08. The summed E-state index contributed by atoms with van der Waals surface area (Å²) in [6.07, 6.45) is 1.81. The molecule has 2 aromatic heterocycles. The molecule has 3 aromatic rings. The van der Waals surface area contributed by atoms with Gasteiger partial charge < -0.3 is 10.8 Å². The number of carboxylic acid groups (broad SMARTS) is 1. The predicted octanol–water partition coefficient (Wildman–Crippen LogP) is 1.99. The number of rotatable bonds is 2.